The number of hydrogen-bond acceptors (Lipinski definition) is 6. The second-order valence-corrected chi connectivity index (χ2v) is 7.82. The third kappa shape index (κ3) is 5.00. The number of hydrogen-bond donors (Lipinski definition) is 3. The maximum atomic E-state index is 12.7. The zero-order chi connectivity index (χ0) is 23.5. The number of carbonyl (C=O) groups excluding carboxylic acids is 5. The van der Waals surface area contributed by atoms with Crippen LogP contribution in [-0.2, 0) is 25.7 Å². The van der Waals surface area contributed by atoms with E-state index in [1.807, 2.05) is 0 Å². The Morgan fingerprint density at radius 2 is 1.85 bits per heavy atom. The van der Waals surface area contributed by atoms with Crippen LogP contribution in [0.4, 0.5) is 11.4 Å². The molecule has 170 valence electrons. The summed E-state index contributed by atoms with van der Waals surface area (Å²) < 4.78 is 5.58. The van der Waals surface area contributed by atoms with Gasteiger partial charge in [-0.05, 0) is 48.4 Å². The average Bonchev–Trinajstić information content (AvgIpc) is 3.08. The van der Waals surface area contributed by atoms with E-state index in [9.17, 15) is 24.0 Å². The van der Waals surface area contributed by atoms with Crippen LogP contribution in [0.2, 0.25) is 0 Å². The highest BCUT2D eigenvalue weighted by Gasteiger charge is 2.39. The molecule has 0 saturated carbocycles. The molecule has 3 N–H and O–H groups in total. The zero-order valence-electron chi connectivity index (χ0n) is 17.8. The van der Waals surface area contributed by atoms with Crippen LogP contribution in [0.1, 0.15) is 35.7 Å². The van der Waals surface area contributed by atoms with E-state index < -0.39 is 17.9 Å². The smallest absolute Gasteiger partial charge is 0.262 e. The first-order chi connectivity index (χ1) is 15.8. The molecule has 1 unspecified atom stereocenters. The third-order valence-electron chi connectivity index (χ3n) is 5.33. The highest BCUT2D eigenvalue weighted by molar-refractivity contribution is 6.05. The van der Waals surface area contributed by atoms with Crippen LogP contribution in [0, 0.1) is 0 Å². The summed E-state index contributed by atoms with van der Waals surface area (Å²) >= 11 is 0. The van der Waals surface area contributed by atoms with E-state index in [0.717, 1.165) is 0 Å². The minimum absolute atomic E-state index is 0.188. The van der Waals surface area contributed by atoms with Crippen molar-refractivity contribution in [2.45, 2.75) is 32.4 Å². The second-order valence-electron chi connectivity index (χ2n) is 7.82. The molecule has 4 rings (SSSR count). The van der Waals surface area contributed by atoms with Crippen molar-refractivity contribution < 1.29 is 28.7 Å². The SMILES string of the molecule is CC(=O)Nc1cccc(NC(=O)COc2ccc3c(c2)CN(C2CCC(=O)NC2=O)C3=O)c1. The first-order valence-electron chi connectivity index (χ1n) is 10.4. The number of anilines is 2. The predicted octanol–water partition coefficient (Wildman–Crippen LogP) is 1.42. The fourth-order valence-electron chi connectivity index (χ4n) is 3.86. The molecule has 0 radical (unpaired) electrons. The number of fused-ring (bicyclic) bond motifs is 1. The summed E-state index contributed by atoms with van der Waals surface area (Å²) in [5, 5.41) is 7.60. The van der Waals surface area contributed by atoms with Gasteiger partial charge in [0.1, 0.15) is 11.8 Å². The molecule has 0 bridgehead atoms. The Morgan fingerprint density at radius 1 is 1.09 bits per heavy atom. The van der Waals surface area contributed by atoms with Gasteiger partial charge in [0.15, 0.2) is 6.61 Å². The van der Waals surface area contributed by atoms with E-state index in [4.69, 9.17) is 4.74 Å². The van der Waals surface area contributed by atoms with Crippen molar-refractivity contribution in [1.82, 2.24) is 10.2 Å². The molecule has 33 heavy (non-hydrogen) atoms. The van der Waals surface area contributed by atoms with Crippen LogP contribution in [0.25, 0.3) is 0 Å². The molecule has 1 fully saturated rings. The first kappa shape index (κ1) is 22.0. The van der Waals surface area contributed by atoms with Crippen molar-refractivity contribution in [2.24, 2.45) is 0 Å². The molecule has 1 saturated heterocycles. The quantitative estimate of drug-likeness (QED) is 0.570. The van der Waals surface area contributed by atoms with Crippen molar-refractivity contribution in [3.05, 3.63) is 53.6 Å². The van der Waals surface area contributed by atoms with E-state index in [1.54, 1.807) is 42.5 Å². The average molecular weight is 450 g/mol. The van der Waals surface area contributed by atoms with E-state index in [2.05, 4.69) is 16.0 Å². The molecule has 2 aliphatic rings. The molecule has 0 aromatic heterocycles. The number of benzene rings is 2. The van der Waals surface area contributed by atoms with Crippen molar-refractivity contribution in [1.29, 1.82) is 0 Å². The molecule has 2 aliphatic heterocycles. The lowest BCUT2D eigenvalue weighted by Crippen LogP contribution is -2.52. The number of carbonyl (C=O) groups is 5. The summed E-state index contributed by atoms with van der Waals surface area (Å²) in [5.74, 6) is -1.28. The largest absolute Gasteiger partial charge is 0.484 e. The van der Waals surface area contributed by atoms with Gasteiger partial charge in [-0.1, -0.05) is 6.07 Å². The van der Waals surface area contributed by atoms with Gasteiger partial charge in [0.25, 0.3) is 11.8 Å². The predicted molar refractivity (Wildman–Crippen MR) is 117 cm³/mol. The summed E-state index contributed by atoms with van der Waals surface area (Å²) in [5.41, 5.74) is 2.22. The molecule has 2 heterocycles. The number of amides is 5. The lowest BCUT2D eigenvalue weighted by molar-refractivity contribution is -0.137. The Morgan fingerprint density at radius 3 is 2.58 bits per heavy atom. The number of rotatable bonds is 6. The standard InChI is InChI=1S/C23H22N4O6/c1-13(28)24-15-3-2-4-16(10-15)25-21(30)12-33-17-5-6-18-14(9-17)11-27(23(18)32)19-7-8-20(29)26-22(19)31/h2-6,9-10,19H,7-8,11-12H2,1H3,(H,24,28)(H,25,30)(H,26,29,31). The van der Waals surface area contributed by atoms with Crippen LogP contribution >= 0.6 is 0 Å². The van der Waals surface area contributed by atoms with Gasteiger partial charge in [0.05, 0.1) is 0 Å². The second kappa shape index (κ2) is 9.11. The van der Waals surface area contributed by atoms with Gasteiger partial charge in [-0.25, -0.2) is 0 Å². The summed E-state index contributed by atoms with van der Waals surface area (Å²) in [6, 6.07) is 10.9. The van der Waals surface area contributed by atoms with Gasteiger partial charge in [-0.15, -0.1) is 0 Å². The fraction of sp³-hybridized carbons (Fsp3) is 0.261. The topological polar surface area (TPSA) is 134 Å². The van der Waals surface area contributed by atoms with Crippen LogP contribution in [0.3, 0.4) is 0 Å². The lowest BCUT2D eigenvalue weighted by Gasteiger charge is -2.29. The monoisotopic (exact) mass is 450 g/mol. The lowest BCUT2D eigenvalue weighted by atomic mass is 10.0. The van der Waals surface area contributed by atoms with E-state index in [1.165, 1.54) is 11.8 Å². The van der Waals surface area contributed by atoms with Crippen LogP contribution in [0.15, 0.2) is 42.5 Å². The molecule has 2 aromatic carbocycles. The third-order valence-corrected chi connectivity index (χ3v) is 5.33. The highest BCUT2D eigenvalue weighted by atomic mass is 16.5. The number of piperidine rings is 1. The van der Waals surface area contributed by atoms with E-state index in [0.29, 0.717) is 28.3 Å². The fourth-order valence-corrected chi connectivity index (χ4v) is 3.86. The Hall–Kier alpha value is -4.21. The van der Waals surface area contributed by atoms with Gasteiger partial charge in [-0.2, -0.15) is 0 Å². The molecular weight excluding hydrogens is 428 g/mol. The van der Waals surface area contributed by atoms with Gasteiger partial charge in [0, 0.05) is 36.8 Å². The Bertz CT molecular complexity index is 1160. The summed E-state index contributed by atoms with van der Waals surface area (Å²) in [6.07, 6.45) is 0.477. The van der Waals surface area contributed by atoms with Crippen molar-refractivity contribution >= 4 is 40.9 Å². The summed E-state index contributed by atoms with van der Waals surface area (Å²) in [6.45, 7) is 1.36. The normalized spacial score (nSPS) is 17.3. The van der Waals surface area contributed by atoms with Crippen molar-refractivity contribution in [3.63, 3.8) is 0 Å². The minimum atomic E-state index is -0.689. The van der Waals surface area contributed by atoms with E-state index in [-0.39, 0.29) is 43.7 Å². The molecule has 0 aliphatic carbocycles. The summed E-state index contributed by atoms with van der Waals surface area (Å²) in [4.78, 5) is 61.1. The van der Waals surface area contributed by atoms with Gasteiger partial charge in [0.2, 0.25) is 17.7 Å². The van der Waals surface area contributed by atoms with Crippen LogP contribution in [0.5, 0.6) is 5.75 Å². The minimum Gasteiger partial charge on any atom is -0.484 e. The van der Waals surface area contributed by atoms with Gasteiger partial charge >= 0.3 is 0 Å². The number of imide groups is 1. The summed E-state index contributed by atoms with van der Waals surface area (Å²) in [7, 11) is 0. The van der Waals surface area contributed by atoms with Crippen LogP contribution < -0.4 is 20.7 Å². The maximum absolute atomic E-state index is 12.7. The molecule has 10 nitrogen and oxygen atoms in total. The van der Waals surface area contributed by atoms with E-state index >= 15 is 0 Å². The maximum Gasteiger partial charge on any atom is 0.262 e. The van der Waals surface area contributed by atoms with Crippen molar-refractivity contribution in [2.75, 3.05) is 17.2 Å². The zero-order valence-corrected chi connectivity index (χ0v) is 17.8. The number of nitrogens with zero attached hydrogens (tertiary/aromatic N) is 1. The number of ether oxygens (including phenoxy) is 1. The Kier molecular flexibility index (Phi) is 6.07. The van der Waals surface area contributed by atoms with Crippen molar-refractivity contribution in [3.8, 4) is 5.75 Å². The van der Waals surface area contributed by atoms with Crippen LogP contribution in [-0.4, -0.2) is 47.1 Å². The number of nitrogens with one attached hydrogen (secondary N) is 3. The van der Waals surface area contributed by atoms with Gasteiger partial charge in [-0.3, -0.25) is 29.3 Å². The van der Waals surface area contributed by atoms with Gasteiger partial charge < -0.3 is 20.3 Å². The molecule has 1 atom stereocenters. The Balaban J connectivity index is 1.36. The molecule has 0 spiro atoms. The Labute approximate surface area is 189 Å². The highest BCUT2D eigenvalue weighted by Crippen LogP contribution is 2.30. The molecule has 10 heteroatoms. The molecular formula is C23H22N4O6. The molecule has 2 aromatic rings. The molecule has 5 amide bonds. The first-order valence-corrected chi connectivity index (χ1v) is 10.4.